The molecule has 0 radical (unpaired) electrons. The highest BCUT2D eigenvalue weighted by Gasteiger charge is 2.23. The molecule has 2 aromatic rings. The van der Waals surface area contributed by atoms with E-state index in [1.165, 1.54) is 16.2 Å². The largest absolute Gasteiger partial charge is 0.346 e. The number of amides is 2. The van der Waals surface area contributed by atoms with Crippen LogP contribution in [0, 0.1) is 6.92 Å². The van der Waals surface area contributed by atoms with Crippen molar-refractivity contribution in [3.05, 3.63) is 33.5 Å². The number of rotatable bonds is 4. The summed E-state index contributed by atoms with van der Waals surface area (Å²) in [7, 11) is 1.68. The number of thiophene rings is 1. The van der Waals surface area contributed by atoms with E-state index in [0.717, 1.165) is 36.9 Å². The maximum Gasteiger partial charge on any atom is 0.264 e. The lowest BCUT2D eigenvalue weighted by Crippen LogP contribution is -2.42. The minimum Gasteiger partial charge on any atom is -0.346 e. The minimum absolute atomic E-state index is 0.00424. The third kappa shape index (κ3) is 4.38. The topological polar surface area (TPSA) is 56.8 Å². The second kappa shape index (κ2) is 7.97. The van der Waals surface area contributed by atoms with Gasteiger partial charge in [0.15, 0.2) is 5.13 Å². The molecule has 2 aromatic heterocycles. The average Bonchev–Trinajstić information content (AvgIpc) is 3.21. The summed E-state index contributed by atoms with van der Waals surface area (Å²) in [6, 6.07) is 3.63. The monoisotopic (exact) mass is 378 g/mol. The smallest absolute Gasteiger partial charge is 0.264 e. The van der Waals surface area contributed by atoms with Crippen LogP contribution in [-0.4, -0.2) is 66.4 Å². The molecule has 8 heteroatoms. The Labute approximate surface area is 155 Å². The van der Waals surface area contributed by atoms with Gasteiger partial charge in [0.2, 0.25) is 5.91 Å². The molecule has 3 rings (SSSR count). The Morgan fingerprint density at radius 3 is 2.76 bits per heavy atom. The summed E-state index contributed by atoms with van der Waals surface area (Å²) in [6.07, 6.45) is 0.910. The van der Waals surface area contributed by atoms with Crippen LogP contribution in [0.25, 0.3) is 0 Å². The van der Waals surface area contributed by atoms with Gasteiger partial charge in [-0.1, -0.05) is 6.07 Å². The van der Waals surface area contributed by atoms with Crippen LogP contribution in [0.15, 0.2) is 22.9 Å². The number of carbonyl (C=O) groups excluding carboxylic acids is 2. The molecule has 1 fully saturated rings. The predicted molar refractivity (Wildman–Crippen MR) is 102 cm³/mol. The van der Waals surface area contributed by atoms with Crippen molar-refractivity contribution in [2.75, 3.05) is 44.7 Å². The van der Waals surface area contributed by atoms with Crippen LogP contribution in [-0.2, 0) is 4.79 Å². The fraction of sp³-hybridized carbons (Fsp3) is 0.471. The van der Waals surface area contributed by atoms with E-state index < -0.39 is 0 Å². The number of thiazole rings is 1. The Balaban J connectivity index is 1.55. The highest BCUT2D eigenvalue weighted by atomic mass is 32.1. The number of likely N-dealkylation sites (N-methyl/N-ethyl adjacent to an activating group) is 1. The first kappa shape index (κ1) is 17.9. The molecule has 0 spiro atoms. The van der Waals surface area contributed by atoms with Gasteiger partial charge in [0.05, 0.1) is 17.1 Å². The Kier molecular flexibility index (Phi) is 5.70. The van der Waals surface area contributed by atoms with Gasteiger partial charge in [-0.2, -0.15) is 0 Å². The maximum atomic E-state index is 12.6. The van der Waals surface area contributed by atoms with Crippen molar-refractivity contribution in [2.45, 2.75) is 13.3 Å². The number of hydrogen-bond donors (Lipinski definition) is 0. The molecule has 0 bridgehead atoms. The van der Waals surface area contributed by atoms with Crippen molar-refractivity contribution in [3.8, 4) is 0 Å². The van der Waals surface area contributed by atoms with Gasteiger partial charge in [0, 0.05) is 38.6 Å². The molecule has 0 N–H and O–H groups in total. The third-order valence-corrected chi connectivity index (χ3v) is 6.05. The molecule has 0 aliphatic carbocycles. The van der Waals surface area contributed by atoms with Crippen LogP contribution in [0.2, 0.25) is 0 Å². The Bertz CT molecular complexity index is 729. The lowest BCUT2D eigenvalue weighted by molar-refractivity contribution is -0.131. The molecule has 134 valence electrons. The standard InChI is InChI=1S/C17H22N4O2S2/c1-13-12-25-17(18-13)21-7-4-6-20(8-9-21)15(22)11-19(2)16(23)14-5-3-10-24-14/h3,5,10,12H,4,6-9,11H2,1-2H3. The van der Waals surface area contributed by atoms with Gasteiger partial charge in [-0.3, -0.25) is 9.59 Å². The summed E-state index contributed by atoms with van der Waals surface area (Å²) in [5, 5.41) is 4.94. The highest BCUT2D eigenvalue weighted by Crippen LogP contribution is 2.21. The molecule has 0 atom stereocenters. The van der Waals surface area contributed by atoms with Crippen molar-refractivity contribution >= 4 is 39.6 Å². The third-order valence-electron chi connectivity index (χ3n) is 4.18. The van der Waals surface area contributed by atoms with Crippen molar-refractivity contribution in [1.82, 2.24) is 14.8 Å². The number of anilines is 1. The zero-order chi connectivity index (χ0) is 17.8. The van der Waals surface area contributed by atoms with Gasteiger partial charge in [-0.15, -0.1) is 22.7 Å². The van der Waals surface area contributed by atoms with E-state index >= 15 is 0 Å². The van der Waals surface area contributed by atoms with Gasteiger partial charge in [-0.25, -0.2) is 4.98 Å². The molecule has 0 unspecified atom stereocenters. The van der Waals surface area contributed by atoms with E-state index in [9.17, 15) is 9.59 Å². The van der Waals surface area contributed by atoms with Gasteiger partial charge in [0.1, 0.15) is 0 Å². The van der Waals surface area contributed by atoms with Gasteiger partial charge in [0.25, 0.3) is 5.91 Å². The summed E-state index contributed by atoms with van der Waals surface area (Å²) in [5.41, 5.74) is 1.03. The zero-order valence-corrected chi connectivity index (χ0v) is 16.1. The Morgan fingerprint density at radius 2 is 2.08 bits per heavy atom. The number of nitrogens with zero attached hydrogens (tertiary/aromatic N) is 4. The summed E-state index contributed by atoms with van der Waals surface area (Å²) >= 11 is 3.04. The lowest BCUT2D eigenvalue weighted by Gasteiger charge is -2.24. The van der Waals surface area contributed by atoms with Crippen LogP contribution in [0.3, 0.4) is 0 Å². The van der Waals surface area contributed by atoms with E-state index in [1.807, 2.05) is 28.7 Å². The van der Waals surface area contributed by atoms with E-state index in [-0.39, 0.29) is 18.4 Å². The van der Waals surface area contributed by atoms with E-state index in [1.54, 1.807) is 24.5 Å². The number of aromatic nitrogens is 1. The van der Waals surface area contributed by atoms with E-state index in [0.29, 0.717) is 11.4 Å². The zero-order valence-electron chi connectivity index (χ0n) is 14.5. The molecule has 1 aliphatic rings. The van der Waals surface area contributed by atoms with Crippen molar-refractivity contribution < 1.29 is 9.59 Å². The molecule has 0 saturated carbocycles. The second-order valence-corrected chi connectivity index (χ2v) is 7.92. The van der Waals surface area contributed by atoms with Crippen LogP contribution < -0.4 is 4.90 Å². The molecule has 2 amide bonds. The summed E-state index contributed by atoms with van der Waals surface area (Å²) in [4.78, 5) is 35.7. The van der Waals surface area contributed by atoms with Gasteiger partial charge < -0.3 is 14.7 Å². The quantitative estimate of drug-likeness (QED) is 0.819. The normalized spacial score (nSPS) is 15.1. The molecule has 1 aliphatic heterocycles. The molecule has 0 aromatic carbocycles. The van der Waals surface area contributed by atoms with Crippen LogP contribution in [0.5, 0.6) is 0 Å². The molecular formula is C17H22N4O2S2. The van der Waals surface area contributed by atoms with E-state index in [2.05, 4.69) is 9.88 Å². The lowest BCUT2D eigenvalue weighted by atomic mass is 10.3. The number of aryl methyl sites for hydroxylation is 1. The first-order chi connectivity index (χ1) is 12.0. The highest BCUT2D eigenvalue weighted by molar-refractivity contribution is 7.13. The van der Waals surface area contributed by atoms with Crippen LogP contribution in [0.1, 0.15) is 21.8 Å². The SMILES string of the molecule is Cc1csc(N2CCCN(C(=O)CN(C)C(=O)c3cccs3)CC2)n1. The van der Waals surface area contributed by atoms with Gasteiger partial charge >= 0.3 is 0 Å². The minimum atomic E-state index is -0.0990. The number of carbonyl (C=O) groups is 2. The van der Waals surface area contributed by atoms with Crippen LogP contribution in [0.4, 0.5) is 5.13 Å². The van der Waals surface area contributed by atoms with Crippen molar-refractivity contribution in [1.29, 1.82) is 0 Å². The molecule has 1 saturated heterocycles. The molecule has 6 nitrogen and oxygen atoms in total. The van der Waals surface area contributed by atoms with Gasteiger partial charge in [-0.05, 0) is 24.8 Å². The van der Waals surface area contributed by atoms with E-state index in [4.69, 9.17) is 0 Å². The summed E-state index contributed by atoms with van der Waals surface area (Å²) < 4.78 is 0. The number of hydrogen-bond acceptors (Lipinski definition) is 6. The predicted octanol–water partition coefficient (Wildman–Crippen LogP) is 2.32. The Hall–Kier alpha value is -1.93. The van der Waals surface area contributed by atoms with Crippen molar-refractivity contribution in [3.63, 3.8) is 0 Å². The maximum absolute atomic E-state index is 12.6. The average molecular weight is 379 g/mol. The summed E-state index contributed by atoms with van der Waals surface area (Å²) in [6.45, 7) is 5.18. The fourth-order valence-electron chi connectivity index (χ4n) is 2.81. The molecule has 3 heterocycles. The first-order valence-corrected chi connectivity index (χ1v) is 10.0. The fourth-order valence-corrected chi connectivity index (χ4v) is 4.38. The first-order valence-electron chi connectivity index (χ1n) is 8.28. The summed E-state index contributed by atoms with van der Waals surface area (Å²) in [5.74, 6) is -0.0948. The molecular weight excluding hydrogens is 356 g/mol. The van der Waals surface area contributed by atoms with Crippen molar-refractivity contribution in [2.24, 2.45) is 0 Å². The molecule has 25 heavy (non-hydrogen) atoms. The van der Waals surface area contributed by atoms with Crippen LogP contribution >= 0.6 is 22.7 Å². The Morgan fingerprint density at radius 1 is 1.24 bits per heavy atom. The second-order valence-electron chi connectivity index (χ2n) is 6.13.